The highest BCUT2D eigenvalue weighted by Gasteiger charge is 2.10. The number of rotatable bonds is 5. The van der Waals surface area contributed by atoms with Crippen LogP contribution < -0.4 is 15.8 Å². The van der Waals surface area contributed by atoms with E-state index in [9.17, 15) is 4.79 Å². The van der Waals surface area contributed by atoms with Crippen molar-refractivity contribution >= 4 is 23.5 Å². The standard InChI is InChI=1S/C14H15ClN4O2/c1-21-13-7-11(15)17-14(19-13)18-12(20)6-9-4-2-3-5-10(9)8-16/h2-5,7H,6,8,16H2,1H3,(H,17,18,19,20). The molecule has 0 aliphatic heterocycles. The van der Waals surface area contributed by atoms with Gasteiger partial charge in [0.1, 0.15) is 5.15 Å². The number of methoxy groups -OCH3 is 1. The SMILES string of the molecule is COc1cc(Cl)nc(NC(=O)Cc2ccccc2CN)n1. The number of nitrogens with two attached hydrogens (primary N) is 1. The highest BCUT2D eigenvalue weighted by atomic mass is 35.5. The Labute approximate surface area is 127 Å². The van der Waals surface area contributed by atoms with Crippen LogP contribution in [0.4, 0.5) is 5.95 Å². The molecule has 1 amide bonds. The smallest absolute Gasteiger partial charge is 0.234 e. The quantitative estimate of drug-likeness (QED) is 0.822. The van der Waals surface area contributed by atoms with E-state index in [2.05, 4.69) is 15.3 Å². The Morgan fingerprint density at radius 1 is 1.33 bits per heavy atom. The van der Waals surface area contributed by atoms with Crippen molar-refractivity contribution < 1.29 is 9.53 Å². The average Bonchev–Trinajstić information content (AvgIpc) is 2.47. The Balaban J connectivity index is 2.10. The predicted octanol–water partition coefficient (Wildman–Crippen LogP) is 1.78. The summed E-state index contributed by atoms with van der Waals surface area (Å²) in [6.45, 7) is 0.380. The summed E-state index contributed by atoms with van der Waals surface area (Å²) in [5.41, 5.74) is 7.44. The van der Waals surface area contributed by atoms with Gasteiger partial charge in [0, 0.05) is 12.6 Å². The van der Waals surface area contributed by atoms with Crippen LogP contribution >= 0.6 is 11.6 Å². The number of carbonyl (C=O) groups is 1. The van der Waals surface area contributed by atoms with E-state index in [1.807, 2.05) is 24.3 Å². The fourth-order valence-electron chi connectivity index (χ4n) is 1.83. The fraction of sp³-hybridized carbons (Fsp3) is 0.214. The molecule has 110 valence electrons. The van der Waals surface area contributed by atoms with Crippen molar-refractivity contribution in [1.82, 2.24) is 9.97 Å². The third kappa shape index (κ3) is 4.14. The Hall–Kier alpha value is -2.18. The summed E-state index contributed by atoms with van der Waals surface area (Å²) in [5, 5.41) is 2.78. The molecule has 2 aromatic rings. The summed E-state index contributed by atoms with van der Waals surface area (Å²) < 4.78 is 4.97. The van der Waals surface area contributed by atoms with Gasteiger partial charge >= 0.3 is 0 Å². The predicted molar refractivity (Wildman–Crippen MR) is 80.3 cm³/mol. The first-order valence-corrected chi connectivity index (χ1v) is 6.65. The van der Waals surface area contributed by atoms with Crippen LogP contribution in [0.1, 0.15) is 11.1 Å². The van der Waals surface area contributed by atoms with Gasteiger partial charge in [-0.25, -0.2) is 4.98 Å². The molecule has 0 atom stereocenters. The van der Waals surface area contributed by atoms with Gasteiger partial charge in [-0.15, -0.1) is 0 Å². The molecule has 0 radical (unpaired) electrons. The van der Waals surface area contributed by atoms with Crippen LogP contribution in [-0.4, -0.2) is 23.0 Å². The number of benzene rings is 1. The number of amides is 1. The lowest BCUT2D eigenvalue weighted by Crippen LogP contribution is -2.18. The topological polar surface area (TPSA) is 90.1 Å². The summed E-state index contributed by atoms with van der Waals surface area (Å²) in [5.74, 6) is 0.141. The molecule has 0 fully saturated rings. The molecule has 21 heavy (non-hydrogen) atoms. The molecule has 0 aliphatic rings. The van der Waals surface area contributed by atoms with Crippen molar-refractivity contribution in [3.8, 4) is 5.88 Å². The Kier molecular flexibility index (Phi) is 5.08. The highest BCUT2D eigenvalue weighted by molar-refractivity contribution is 6.29. The maximum Gasteiger partial charge on any atom is 0.234 e. The first kappa shape index (κ1) is 15.2. The van der Waals surface area contributed by atoms with E-state index in [1.165, 1.54) is 13.2 Å². The number of nitrogens with one attached hydrogen (secondary N) is 1. The maximum atomic E-state index is 12.0. The summed E-state index contributed by atoms with van der Waals surface area (Å²) >= 11 is 5.82. The van der Waals surface area contributed by atoms with Crippen molar-refractivity contribution in [2.45, 2.75) is 13.0 Å². The molecule has 3 N–H and O–H groups in total. The summed E-state index contributed by atoms with van der Waals surface area (Å²) in [7, 11) is 1.46. The third-order valence-electron chi connectivity index (χ3n) is 2.82. The molecule has 0 saturated carbocycles. The van der Waals surface area contributed by atoms with Crippen molar-refractivity contribution in [3.63, 3.8) is 0 Å². The van der Waals surface area contributed by atoms with Crippen LogP contribution in [0.2, 0.25) is 5.15 Å². The summed E-state index contributed by atoms with van der Waals surface area (Å²) in [4.78, 5) is 20.0. The molecule has 1 aromatic carbocycles. The van der Waals surface area contributed by atoms with Gasteiger partial charge in [-0.05, 0) is 11.1 Å². The monoisotopic (exact) mass is 306 g/mol. The van der Waals surface area contributed by atoms with Gasteiger partial charge in [0.05, 0.1) is 13.5 Å². The number of nitrogens with zero attached hydrogens (tertiary/aromatic N) is 2. The van der Waals surface area contributed by atoms with Crippen LogP contribution in [0.3, 0.4) is 0 Å². The fourth-order valence-corrected chi connectivity index (χ4v) is 2.00. The second-order valence-electron chi connectivity index (χ2n) is 4.25. The van der Waals surface area contributed by atoms with Gasteiger partial charge in [0.15, 0.2) is 0 Å². The lowest BCUT2D eigenvalue weighted by molar-refractivity contribution is -0.115. The maximum absolute atomic E-state index is 12.0. The zero-order chi connectivity index (χ0) is 15.2. The van der Waals surface area contributed by atoms with E-state index < -0.39 is 0 Å². The highest BCUT2D eigenvalue weighted by Crippen LogP contribution is 2.16. The second-order valence-corrected chi connectivity index (χ2v) is 4.64. The van der Waals surface area contributed by atoms with E-state index in [1.54, 1.807) is 0 Å². The molecule has 0 unspecified atom stereocenters. The first-order chi connectivity index (χ1) is 10.1. The van der Waals surface area contributed by atoms with Gasteiger partial charge in [0.25, 0.3) is 0 Å². The summed E-state index contributed by atoms with van der Waals surface area (Å²) in [6, 6.07) is 8.96. The molecule has 1 heterocycles. The van der Waals surface area contributed by atoms with E-state index >= 15 is 0 Å². The largest absolute Gasteiger partial charge is 0.481 e. The number of hydrogen-bond acceptors (Lipinski definition) is 5. The molecule has 0 aliphatic carbocycles. The molecule has 1 aromatic heterocycles. The lowest BCUT2D eigenvalue weighted by atomic mass is 10.0. The Morgan fingerprint density at radius 2 is 2.05 bits per heavy atom. The van der Waals surface area contributed by atoms with Crippen LogP contribution in [0.5, 0.6) is 5.88 Å². The van der Waals surface area contributed by atoms with E-state index in [0.717, 1.165) is 11.1 Å². The second kappa shape index (κ2) is 7.01. The number of ether oxygens (including phenoxy) is 1. The Morgan fingerprint density at radius 3 is 2.71 bits per heavy atom. The van der Waals surface area contributed by atoms with E-state index in [-0.39, 0.29) is 29.3 Å². The number of anilines is 1. The molecule has 0 bridgehead atoms. The van der Waals surface area contributed by atoms with Gasteiger partial charge in [-0.2, -0.15) is 4.98 Å². The van der Waals surface area contributed by atoms with Crippen molar-refractivity contribution in [2.24, 2.45) is 5.73 Å². The molecule has 7 heteroatoms. The van der Waals surface area contributed by atoms with E-state index in [4.69, 9.17) is 22.1 Å². The minimum absolute atomic E-state index is 0.106. The molecule has 2 rings (SSSR count). The van der Waals surface area contributed by atoms with Crippen LogP contribution in [-0.2, 0) is 17.8 Å². The van der Waals surface area contributed by atoms with E-state index in [0.29, 0.717) is 6.54 Å². The summed E-state index contributed by atoms with van der Waals surface area (Å²) in [6.07, 6.45) is 0.186. The van der Waals surface area contributed by atoms with Gasteiger partial charge in [-0.1, -0.05) is 35.9 Å². The van der Waals surface area contributed by atoms with Crippen LogP contribution in [0, 0.1) is 0 Å². The van der Waals surface area contributed by atoms with Gasteiger partial charge < -0.3 is 10.5 Å². The van der Waals surface area contributed by atoms with Gasteiger partial charge in [0.2, 0.25) is 17.7 Å². The van der Waals surface area contributed by atoms with Crippen LogP contribution in [0.25, 0.3) is 0 Å². The van der Waals surface area contributed by atoms with Crippen LogP contribution in [0.15, 0.2) is 30.3 Å². The lowest BCUT2D eigenvalue weighted by Gasteiger charge is -2.08. The third-order valence-corrected chi connectivity index (χ3v) is 3.01. The zero-order valence-corrected chi connectivity index (χ0v) is 12.2. The van der Waals surface area contributed by atoms with Crippen molar-refractivity contribution in [3.05, 3.63) is 46.6 Å². The normalized spacial score (nSPS) is 10.2. The molecule has 6 nitrogen and oxygen atoms in total. The molecule has 0 saturated heterocycles. The average molecular weight is 307 g/mol. The number of halogens is 1. The molecule has 0 spiro atoms. The van der Waals surface area contributed by atoms with Crippen molar-refractivity contribution in [2.75, 3.05) is 12.4 Å². The van der Waals surface area contributed by atoms with Gasteiger partial charge in [-0.3, -0.25) is 10.1 Å². The number of hydrogen-bond donors (Lipinski definition) is 2. The van der Waals surface area contributed by atoms with Crippen molar-refractivity contribution in [1.29, 1.82) is 0 Å². The first-order valence-electron chi connectivity index (χ1n) is 6.27. The minimum atomic E-state index is -0.250. The Bertz CT molecular complexity index is 649. The molecular formula is C14H15ClN4O2. The zero-order valence-electron chi connectivity index (χ0n) is 11.5. The molecular weight excluding hydrogens is 292 g/mol. The number of aromatic nitrogens is 2. The number of carbonyl (C=O) groups excluding carboxylic acids is 1. The minimum Gasteiger partial charge on any atom is -0.481 e.